The molecule has 0 amide bonds. The molecular weight excluding hydrogens is 551 g/mol. The SMILES string of the molecule is CC(=N)N1C(=N)[C@H](CC(=O)Oc2c(F)c(F)c(F)c(F)c2F)N=C(c2ccc(Cl)cc2)c2c1sc(C)c2C. The number of anilines is 1. The fraction of sp³-hybridized carbons (Fsp3) is 0.200. The van der Waals surface area contributed by atoms with E-state index in [4.69, 9.17) is 22.4 Å². The molecule has 0 aliphatic carbocycles. The molecule has 0 saturated heterocycles. The van der Waals surface area contributed by atoms with Crippen LogP contribution in [0.3, 0.4) is 0 Å². The quantitative estimate of drug-likeness (QED) is 0.0697. The number of carbonyl (C=O) groups is 1. The molecule has 198 valence electrons. The number of halogens is 6. The van der Waals surface area contributed by atoms with Gasteiger partial charge in [-0.2, -0.15) is 8.78 Å². The van der Waals surface area contributed by atoms with Gasteiger partial charge in [-0.25, -0.2) is 13.2 Å². The highest BCUT2D eigenvalue weighted by molar-refractivity contribution is 7.17. The minimum atomic E-state index is -2.39. The predicted molar refractivity (Wildman–Crippen MR) is 135 cm³/mol. The fourth-order valence-corrected chi connectivity index (χ4v) is 5.22. The van der Waals surface area contributed by atoms with Crippen LogP contribution in [0, 0.1) is 53.8 Å². The van der Waals surface area contributed by atoms with Gasteiger partial charge in [0.05, 0.1) is 12.1 Å². The van der Waals surface area contributed by atoms with Crippen molar-refractivity contribution in [2.45, 2.75) is 33.2 Å². The molecule has 0 unspecified atom stereocenters. The minimum absolute atomic E-state index is 0.0665. The largest absolute Gasteiger partial charge is 0.420 e. The van der Waals surface area contributed by atoms with E-state index in [2.05, 4.69) is 9.73 Å². The molecule has 1 atom stereocenters. The van der Waals surface area contributed by atoms with Crippen LogP contribution >= 0.6 is 22.9 Å². The summed E-state index contributed by atoms with van der Waals surface area (Å²) in [6.07, 6.45) is -0.799. The second-order valence-electron chi connectivity index (χ2n) is 8.35. The number of nitrogens with zero attached hydrogens (tertiary/aromatic N) is 2. The third-order valence-electron chi connectivity index (χ3n) is 5.85. The van der Waals surface area contributed by atoms with Crippen LogP contribution in [-0.2, 0) is 4.79 Å². The minimum Gasteiger partial charge on any atom is -0.420 e. The Balaban J connectivity index is 1.81. The van der Waals surface area contributed by atoms with Crippen molar-refractivity contribution in [1.82, 2.24) is 0 Å². The van der Waals surface area contributed by atoms with E-state index in [9.17, 15) is 26.7 Å². The summed E-state index contributed by atoms with van der Waals surface area (Å²) in [5.74, 6) is -15.1. The van der Waals surface area contributed by atoms with Crippen molar-refractivity contribution in [2.75, 3.05) is 4.90 Å². The van der Waals surface area contributed by atoms with Gasteiger partial charge in [0.2, 0.25) is 34.8 Å². The van der Waals surface area contributed by atoms with Crippen LogP contribution in [0.1, 0.15) is 34.9 Å². The van der Waals surface area contributed by atoms with Crippen molar-refractivity contribution in [3.8, 4) is 5.75 Å². The van der Waals surface area contributed by atoms with E-state index in [0.29, 0.717) is 26.9 Å². The summed E-state index contributed by atoms with van der Waals surface area (Å²) in [4.78, 5) is 19.5. The molecule has 0 saturated carbocycles. The Hall–Kier alpha value is -3.64. The summed E-state index contributed by atoms with van der Waals surface area (Å²) in [7, 11) is 0. The highest BCUT2D eigenvalue weighted by Crippen LogP contribution is 2.40. The summed E-state index contributed by atoms with van der Waals surface area (Å²) in [5.41, 5.74) is 2.37. The molecule has 0 spiro atoms. The van der Waals surface area contributed by atoms with E-state index in [1.165, 1.54) is 23.2 Å². The van der Waals surface area contributed by atoms with E-state index in [-0.39, 0.29) is 11.7 Å². The van der Waals surface area contributed by atoms with Gasteiger partial charge < -0.3 is 4.74 Å². The van der Waals surface area contributed by atoms with Crippen molar-refractivity contribution in [1.29, 1.82) is 10.8 Å². The Morgan fingerprint density at radius 1 is 1.05 bits per heavy atom. The molecule has 0 fully saturated rings. The summed E-state index contributed by atoms with van der Waals surface area (Å²) in [5, 5.41) is 18.0. The molecular formula is C25H18ClF5N4O2S. The first-order chi connectivity index (χ1) is 17.8. The summed E-state index contributed by atoms with van der Waals surface area (Å²) in [6, 6.07) is 5.26. The van der Waals surface area contributed by atoms with Gasteiger partial charge in [0.25, 0.3) is 0 Å². The Bertz CT molecular complexity index is 1510. The third-order valence-corrected chi connectivity index (χ3v) is 7.29. The van der Waals surface area contributed by atoms with Crippen LogP contribution in [-0.4, -0.2) is 29.4 Å². The van der Waals surface area contributed by atoms with Gasteiger partial charge in [-0.05, 0) is 38.5 Å². The highest BCUT2D eigenvalue weighted by atomic mass is 35.5. The number of hydrogen-bond acceptors (Lipinski definition) is 6. The van der Waals surface area contributed by atoms with Crippen LogP contribution < -0.4 is 9.64 Å². The van der Waals surface area contributed by atoms with Crippen molar-refractivity contribution in [2.24, 2.45) is 4.99 Å². The monoisotopic (exact) mass is 568 g/mol. The fourth-order valence-electron chi connectivity index (χ4n) is 3.87. The average Bonchev–Trinajstić information content (AvgIpc) is 3.08. The maximum Gasteiger partial charge on any atom is 0.314 e. The standard InChI is InChI=1S/C25H18ClF5N4O2S/c1-9-10(2)38-25-16(9)22(12-4-6-13(26)7-5-12)34-14(24(33)35(25)11(3)32)8-15(36)37-23-20(30)18(28)17(27)19(29)21(23)31/h4-7,14,32-33H,8H2,1-3H3/t14-/m0/s1. The number of aryl methyl sites for hydroxylation is 1. The Kier molecular flexibility index (Phi) is 7.39. The van der Waals surface area contributed by atoms with Gasteiger partial charge in [0.1, 0.15) is 22.7 Å². The van der Waals surface area contributed by atoms with E-state index in [0.717, 1.165) is 10.4 Å². The van der Waals surface area contributed by atoms with Crippen LogP contribution in [0.5, 0.6) is 5.75 Å². The van der Waals surface area contributed by atoms with Crippen molar-refractivity contribution >= 4 is 51.3 Å². The molecule has 6 nitrogen and oxygen atoms in total. The molecule has 1 aliphatic heterocycles. The number of rotatable bonds is 4. The maximum atomic E-state index is 14.1. The number of nitrogens with one attached hydrogen (secondary N) is 2. The van der Waals surface area contributed by atoms with Crippen LogP contribution in [0.15, 0.2) is 29.3 Å². The number of aliphatic imine (C=N–C) groups is 1. The maximum absolute atomic E-state index is 14.1. The van der Waals surface area contributed by atoms with Crippen molar-refractivity contribution in [3.63, 3.8) is 0 Å². The van der Waals surface area contributed by atoms with E-state index in [1.54, 1.807) is 24.3 Å². The molecule has 1 aromatic heterocycles. The lowest BCUT2D eigenvalue weighted by atomic mass is 9.99. The normalized spacial score (nSPS) is 15.2. The highest BCUT2D eigenvalue weighted by Gasteiger charge is 2.36. The predicted octanol–water partition coefficient (Wildman–Crippen LogP) is 6.71. The van der Waals surface area contributed by atoms with Crippen LogP contribution in [0.2, 0.25) is 5.02 Å². The Morgan fingerprint density at radius 3 is 2.16 bits per heavy atom. The van der Waals surface area contributed by atoms with E-state index in [1.807, 2.05) is 13.8 Å². The lowest BCUT2D eigenvalue weighted by Gasteiger charge is -2.24. The third kappa shape index (κ3) is 4.69. The number of esters is 1. The second kappa shape index (κ2) is 10.3. The molecule has 0 bridgehead atoms. The Labute approximate surface area is 222 Å². The van der Waals surface area contributed by atoms with Crippen molar-refractivity contribution in [3.05, 3.63) is 79.9 Å². The molecule has 4 rings (SSSR count). The topological polar surface area (TPSA) is 89.6 Å². The lowest BCUT2D eigenvalue weighted by molar-refractivity contribution is -0.134. The number of ether oxygens (including phenoxy) is 1. The molecule has 2 aromatic carbocycles. The van der Waals surface area contributed by atoms with Gasteiger partial charge in [-0.3, -0.25) is 25.5 Å². The zero-order chi connectivity index (χ0) is 28.0. The molecule has 3 aromatic rings. The van der Waals surface area contributed by atoms with Gasteiger partial charge in [0.15, 0.2) is 0 Å². The zero-order valence-corrected chi connectivity index (χ0v) is 21.6. The smallest absolute Gasteiger partial charge is 0.314 e. The van der Waals surface area contributed by atoms with Crippen LogP contribution in [0.4, 0.5) is 27.0 Å². The zero-order valence-electron chi connectivity index (χ0n) is 20.0. The molecule has 0 radical (unpaired) electrons. The van der Waals surface area contributed by atoms with Gasteiger partial charge in [-0.15, -0.1) is 11.3 Å². The molecule has 2 heterocycles. The van der Waals surface area contributed by atoms with Crippen molar-refractivity contribution < 1.29 is 31.5 Å². The number of benzene rings is 2. The van der Waals surface area contributed by atoms with Crippen LogP contribution in [0.25, 0.3) is 0 Å². The number of amidine groups is 2. The number of carbonyl (C=O) groups excluding carboxylic acids is 1. The molecule has 2 N–H and O–H groups in total. The van der Waals surface area contributed by atoms with E-state index >= 15 is 0 Å². The summed E-state index contributed by atoms with van der Waals surface area (Å²) >= 11 is 7.34. The molecule has 1 aliphatic rings. The van der Waals surface area contributed by atoms with E-state index < -0.39 is 53.3 Å². The Morgan fingerprint density at radius 2 is 1.61 bits per heavy atom. The second-order valence-corrected chi connectivity index (χ2v) is 9.99. The van der Waals surface area contributed by atoms with Gasteiger partial charge >= 0.3 is 5.97 Å². The first kappa shape index (κ1) is 27.4. The number of fused-ring (bicyclic) bond motifs is 1. The summed E-state index contributed by atoms with van der Waals surface area (Å²) < 4.78 is 73.2. The molecule has 13 heteroatoms. The first-order valence-corrected chi connectivity index (χ1v) is 12.1. The average molecular weight is 569 g/mol. The molecule has 38 heavy (non-hydrogen) atoms. The van der Waals surface area contributed by atoms with Gasteiger partial charge in [-0.1, -0.05) is 23.7 Å². The summed E-state index contributed by atoms with van der Waals surface area (Å²) in [6.45, 7) is 5.14. The lowest BCUT2D eigenvalue weighted by Crippen LogP contribution is -2.41. The number of hydrogen-bond donors (Lipinski definition) is 2. The first-order valence-electron chi connectivity index (χ1n) is 10.9. The van der Waals surface area contributed by atoms with Gasteiger partial charge in [0, 0.05) is 21.0 Å². The number of thiophene rings is 1.